The molecule has 120 valence electrons. The smallest absolute Gasteiger partial charge is 0.303 e. The van der Waals surface area contributed by atoms with E-state index in [0.717, 1.165) is 5.56 Å². The summed E-state index contributed by atoms with van der Waals surface area (Å²) in [6, 6.07) is 3.77. The van der Waals surface area contributed by atoms with Crippen LogP contribution in [-0.4, -0.2) is 54.2 Å². The molecule has 0 bridgehead atoms. The number of ether oxygens (including phenoxy) is 3. The van der Waals surface area contributed by atoms with Crippen molar-refractivity contribution in [3.63, 3.8) is 0 Å². The van der Waals surface area contributed by atoms with Crippen LogP contribution in [0.4, 0.5) is 0 Å². The summed E-state index contributed by atoms with van der Waals surface area (Å²) in [5, 5.41) is 18.8. The van der Waals surface area contributed by atoms with Crippen molar-refractivity contribution in [2.75, 3.05) is 27.0 Å². The number of aliphatic carboxylic acids is 1. The number of aliphatic hydroxyl groups is 1. The van der Waals surface area contributed by atoms with E-state index in [1.165, 1.54) is 0 Å². The third-order valence-corrected chi connectivity index (χ3v) is 4.04. The van der Waals surface area contributed by atoms with Gasteiger partial charge in [0.15, 0.2) is 11.5 Å². The molecule has 0 unspecified atom stereocenters. The van der Waals surface area contributed by atoms with E-state index >= 15 is 0 Å². The second-order valence-electron chi connectivity index (χ2n) is 5.65. The van der Waals surface area contributed by atoms with Crippen molar-refractivity contribution in [1.82, 2.24) is 4.90 Å². The van der Waals surface area contributed by atoms with E-state index in [-0.39, 0.29) is 19.1 Å². The topological polar surface area (TPSA) is 88.5 Å². The maximum Gasteiger partial charge on any atom is 0.303 e. The number of likely N-dealkylation sites (tertiary alicyclic amines) is 1. The molecular formula is C15H19NO6. The lowest BCUT2D eigenvalue weighted by Crippen LogP contribution is -2.21. The number of hydrogen-bond donors (Lipinski definition) is 2. The van der Waals surface area contributed by atoms with Gasteiger partial charge in [0.05, 0.1) is 19.6 Å². The normalized spacial score (nSPS) is 23.7. The van der Waals surface area contributed by atoms with Crippen LogP contribution in [0.25, 0.3) is 0 Å². The van der Waals surface area contributed by atoms with Gasteiger partial charge in [-0.15, -0.1) is 0 Å². The zero-order valence-corrected chi connectivity index (χ0v) is 12.3. The molecule has 7 nitrogen and oxygen atoms in total. The van der Waals surface area contributed by atoms with Gasteiger partial charge in [0.1, 0.15) is 0 Å². The van der Waals surface area contributed by atoms with Crippen LogP contribution in [0.3, 0.4) is 0 Å². The van der Waals surface area contributed by atoms with Crippen LogP contribution in [0.2, 0.25) is 0 Å². The van der Waals surface area contributed by atoms with E-state index in [1.54, 1.807) is 7.11 Å². The second kappa shape index (κ2) is 6.02. The minimum atomic E-state index is -0.879. The Hall–Kier alpha value is -1.99. The van der Waals surface area contributed by atoms with Gasteiger partial charge in [-0.25, -0.2) is 0 Å². The van der Waals surface area contributed by atoms with Crippen LogP contribution in [0.1, 0.15) is 12.0 Å². The molecule has 0 aliphatic carbocycles. The Labute approximate surface area is 128 Å². The SMILES string of the molecule is COc1cc(CN2C[C@@H](CC(=O)O)[C@H](O)C2)cc2c1OCO2. The van der Waals surface area contributed by atoms with E-state index in [4.69, 9.17) is 19.3 Å². The first kappa shape index (κ1) is 14.9. The van der Waals surface area contributed by atoms with E-state index in [2.05, 4.69) is 0 Å². The van der Waals surface area contributed by atoms with E-state index < -0.39 is 12.1 Å². The Morgan fingerprint density at radius 3 is 2.95 bits per heavy atom. The Morgan fingerprint density at radius 2 is 2.23 bits per heavy atom. The zero-order chi connectivity index (χ0) is 15.7. The molecule has 1 aromatic rings. The third-order valence-electron chi connectivity index (χ3n) is 4.04. The summed E-state index contributed by atoms with van der Waals surface area (Å²) in [5.74, 6) is 0.767. The molecule has 0 amide bonds. The molecule has 0 radical (unpaired) electrons. The number of carboxylic acids is 1. The molecule has 2 aliphatic heterocycles. The van der Waals surface area contributed by atoms with Gasteiger partial charge in [0.2, 0.25) is 12.5 Å². The fraction of sp³-hybridized carbons (Fsp3) is 0.533. The lowest BCUT2D eigenvalue weighted by atomic mass is 10.0. The molecule has 2 N–H and O–H groups in total. The van der Waals surface area contributed by atoms with Crippen molar-refractivity contribution in [3.8, 4) is 17.2 Å². The van der Waals surface area contributed by atoms with Crippen molar-refractivity contribution in [2.24, 2.45) is 5.92 Å². The van der Waals surface area contributed by atoms with Crippen molar-refractivity contribution >= 4 is 5.97 Å². The zero-order valence-electron chi connectivity index (χ0n) is 12.3. The lowest BCUT2D eigenvalue weighted by Gasteiger charge is -2.16. The number of β-amino-alcohol motifs (C(OH)–C–C–N with tert-alkyl or cyclic N) is 1. The van der Waals surface area contributed by atoms with Crippen LogP contribution < -0.4 is 14.2 Å². The molecule has 2 aliphatic rings. The molecular weight excluding hydrogens is 290 g/mol. The number of rotatable bonds is 5. The number of hydrogen-bond acceptors (Lipinski definition) is 6. The molecule has 7 heteroatoms. The first-order valence-corrected chi connectivity index (χ1v) is 7.15. The number of carbonyl (C=O) groups is 1. The second-order valence-corrected chi connectivity index (χ2v) is 5.65. The van der Waals surface area contributed by atoms with Crippen molar-refractivity contribution in [3.05, 3.63) is 17.7 Å². The molecule has 0 spiro atoms. The predicted molar refractivity (Wildman–Crippen MR) is 76.1 cm³/mol. The van der Waals surface area contributed by atoms with Crippen molar-refractivity contribution in [1.29, 1.82) is 0 Å². The standard InChI is InChI=1S/C15H19NO6/c1-20-12-2-9(3-13-15(12)22-8-21-13)5-16-6-10(4-14(18)19)11(17)7-16/h2-3,10-11,17H,4-8H2,1H3,(H,18,19)/t10-,11-/m1/s1. The highest BCUT2D eigenvalue weighted by Crippen LogP contribution is 2.42. The first-order chi connectivity index (χ1) is 10.6. The van der Waals surface area contributed by atoms with E-state index in [1.807, 2.05) is 17.0 Å². The highest BCUT2D eigenvalue weighted by atomic mass is 16.7. The fourth-order valence-electron chi connectivity index (χ4n) is 3.03. The van der Waals surface area contributed by atoms with Crippen LogP contribution in [0.15, 0.2) is 12.1 Å². The number of methoxy groups -OCH3 is 1. The number of benzene rings is 1. The Bertz CT molecular complexity index is 575. The molecule has 0 saturated carbocycles. The van der Waals surface area contributed by atoms with Crippen LogP contribution in [-0.2, 0) is 11.3 Å². The molecule has 1 fully saturated rings. The van der Waals surface area contributed by atoms with Gasteiger partial charge >= 0.3 is 5.97 Å². The van der Waals surface area contributed by atoms with Gasteiger partial charge in [-0.1, -0.05) is 0 Å². The molecule has 1 saturated heterocycles. The number of nitrogens with zero attached hydrogens (tertiary/aromatic N) is 1. The maximum absolute atomic E-state index is 10.8. The number of fused-ring (bicyclic) bond motifs is 1. The minimum absolute atomic E-state index is 0.0118. The van der Waals surface area contributed by atoms with Gasteiger partial charge < -0.3 is 24.4 Å². The molecule has 0 aromatic heterocycles. The fourth-order valence-corrected chi connectivity index (χ4v) is 3.03. The van der Waals surface area contributed by atoms with Gasteiger partial charge in [0, 0.05) is 25.6 Å². The molecule has 2 atom stereocenters. The first-order valence-electron chi connectivity index (χ1n) is 7.15. The van der Waals surface area contributed by atoms with Gasteiger partial charge in [-0.2, -0.15) is 0 Å². The summed E-state index contributed by atoms with van der Waals surface area (Å²) in [6.45, 7) is 1.80. The summed E-state index contributed by atoms with van der Waals surface area (Å²) in [4.78, 5) is 12.8. The Balaban J connectivity index is 1.70. The molecule has 3 rings (SSSR count). The Morgan fingerprint density at radius 1 is 1.41 bits per heavy atom. The van der Waals surface area contributed by atoms with Gasteiger partial charge in [-0.3, -0.25) is 9.69 Å². The summed E-state index contributed by atoms with van der Waals surface area (Å²) < 4.78 is 16.1. The van der Waals surface area contributed by atoms with Gasteiger partial charge in [0.25, 0.3) is 0 Å². The average Bonchev–Trinajstić information content (AvgIpc) is 3.05. The van der Waals surface area contributed by atoms with E-state index in [9.17, 15) is 9.90 Å². The van der Waals surface area contributed by atoms with Crippen molar-refractivity contribution in [2.45, 2.75) is 19.1 Å². The van der Waals surface area contributed by atoms with E-state index in [0.29, 0.717) is 36.9 Å². The molecule has 1 aromatic carbocycles. The summed E-state index contributed by atoms with van der Waals surface area (Å²) in [6.07, 6.45) is -0.616. The maximum atomic E-state index is 10.8. The van der Waals surface area contributed by atoms with Crippen molar-refractivity contribution < 1.29 is 29.2 Å². The monoisotopic (exact) mass is 309 g/mol. The lowest BCUT2D eigenvalue weighted by molar-refractivity contribution is -0.138. The van der Waals surface area contributed by atoms with Crippen LogP contribution in [0, 0.1) is 5.92 Å². The highest BCUT2D eigenvalue weighted by Gasteiger charge is 2.33. The highest BCUT2D eigenvalue weighted by molar-refractivity contribution is 5.67. The average molecular weight is 309 g/mol. The minimum Gasteiger partial charge on any atom is -0.493 e. The predicted octanol–water partition coefficient (Wildman–Crippen LogP) is 0.691. The molecule has 22 heavy (non-hydrogen) atoms. The van der Waals surface area contributed by atoms with Crippen LogP contribution in [0.5, 0.6) is 17.2 Å². The third kappa shape index (κ3) is 2.95. The molecule has 2 heterocycles. The summed E-state index contributed by atoms with van der Waals surface area (Å²) in [7, 11) is 1.57. The number of carboxylic acid groups (broad SMARTS) is 1. The largest absolute Gasteiger partial charge is 0.493 e. The summed E-state index contributed by atoms with van der Waals surface area (Å²) >= 11 is 0. The quantitative estimate of drug-likeness (QED) is 0.827. The number of aliphatic hydroxyl groups excluding tert-OH is 1. The Kier molecular flexibility index (Phi) is 4.08. The van der Waals surface area contributed by atoms with Crippen LogP contribution >= 0.6 is 0 Å². The van der Waals surface area contributed by atoms with Gasteiger partial charge in [-0.05, 0) is 17.7 Å². The summed E-state index contributed by atoms with van der Waals surface area (Å²) in [5.41, 5.74) is 0.976.